The summed E-state index contributed by atoms with van der Waals surface area (Å²) in [6.45, 7) is 6.53. The lowest BCUT2D eigenvalue weighted by Crippen LogP contribution is -2.17. The van der Waals surface area contributed by atoms with Gasteiger partial charge in [0.1, 0.15) is 23.1 Å². The van der Waals surface area contributed by atoms with Gasteiger partial charge >= 0.3 is 0 Å². The number of ether oxygens (including phenoxy) is 1. The van der Waals surface area contributed by atoms with Gasteiger partial charge in [0.15, 0.2) is 5.82 Å². The Morgan fingerprint density at radius 3 is 2.74 bits per heavy atom. The van der Waals surface area contributed by atoms with E-state index in [2.05, 4.69) is 37.0 Å². The summed E-state index contributed by atoms with van der Waals surface area (Å²) in [6, 6.07) is 15.3. The van der Waals surface area contributed by atoms with E-state index in [1.54, 1.807) is 6.07 Å². The molecule has 0 spiro atoms. The number of fused-ring (bicyclic) bond motifs is 5. The first-order chi connectivity index (χ1) is 16.5. The molecule has 4 aromatic rings. The molecule has 1 atom stereocenters. The number of carbonyl (C=O) groups excluding carboxylic acids is 1. The quantitative estimate of drug-likeness (QED) is 0.435. The zero-order valence-electron chi connectivity index (χ0n) is 19.4. The third-order valence-electron chi connectivity index (χ3n) is 6.02. The maximum atomic E-state index is 13.3. The van der Waals surface area contributed by atoms with Crippen LogP contribution in [0.5, 0.6) is 5.75 Å². The summed E-state index contributed by atoms with van der Waals surface area (Å²) in [6.07, 6.45) is 3.50. The number of pyridine rings is 2. The van der Waals surface area contributed by atoms with Crippen molar-refractivity contribution < 1.29 is 9.53 Å². The number of benzene rings is 1. The highest BCUT2D eigenvalue weighted by molar-refractivity contribution is 6.06. The van der Waals surface area contributed by atoms with Gasteiger partial charge < -0.3 is 14.6 Å². The SMILES string of the molecule is Cc1ccc(-c2ccc3c(c2)C(=O)Nc2cccc(n2)-c2nnc(C)n2[C@@H](C)CCCO3)cn1. The monoisotopic (exact) mass is 454 g/mol. The Labute approximate surface area is 198 Å². The van der Waals surface area contributed by atoms with Gasteiger partial charge in [-0.05, 0) is 69.5 Å². The number of amides is 1. The molecular weight excluding hydrogens is 428 g/mol. The van der Waals surface area contributed by atoms with Crippen molar-refractivity contribution in [2.75, 3.05) is 11.9 Å². The van der Waals surface area contributed by atoms with Gasteiger partial charge in [0, 0.05) is 23.5 Å². The minimum atomic E-state index is -0.287. The van der Waals surface area contributed by atoms with E-state index in [1.807, 2.05) is 62.5 Å². The van der Waals surface area contributed by atoms with Crippen LogP contribution in [0.2, 0.25) is 0 Å². The van der Waals surface area contributed by atoms with E-state index in [-0.39, 0.29) is 11.9 Å². The van der Waals surface area contributed by atoms with Crippen molar-refractivity contribution in [2.24, 2.45) is 0 Å². The molecule has 1 aromatic carbocycles. The van der Waals surface area contributed by atoms with Crippen LogP contribution in [0, 0.1) is 13.8 Å². The van der Waals surface area contributed by atoms with Crippen LogP contribution >= 0.6 is 0 Å². The highest BCUT2D eigenvalue weighted by Gasteiger charge is 2.20. The van der Waals surface area contributed by atoms with Gasteiger partial charge in [0.2, 0.25) is 0 Å². The summed E-state index contributed by atoms with van der Waals surface area (Å²) in [5.74, 6) is 2.21. The third-order valence-corrected chi connectivity index (χ3v) is 6.02. The number of anilines is 1. The fourth-order valence-electron chi connectivity index (χ4n) is 4.23. The molecule has 5 rings (SSSR count). The minimum absolute atomic E-state index is 0.174. The molecule has 1 aliphatic heterocycles. The summed E-state index contributed by atoms with van der Waals surface area (Å²) in [5, 5.41) is 11.6. The second-order valence-electron chi connectivity index (χ2n) is 8.54. The molecular formula is C26H26N6O2. The fourth-order valence-corrected chi connectivity index (χ4v) is 4.23. The van der Waals surface area contributed by atoms with Crippen molar-refractivity contribution in [3.05, 3.63) is 71.8 Å². The van der Waals surface area contributed by atoms with Gasteiger partial charge in [-0.25, -0.2) is 4.98 Å². The van der Waals surface area contributed by atoms with Crippen molar-refractivity contribution >= 4 is 11.7 Å². The number of aryl methyl sites for hydroxylation is 2. The van der Waals surface area contributed by atoms with Crippen LogP contribution < -0.4 is 10.1 Å². The molecule has 1 aliphatic rings. The lowest BCUT2D eigenvalue weighted by atomic mass is 10.0. The number of aromatic nitrogens is 5. The van der Waals surface area contributed by atoms with E-state index in [4.69, 9.17) is 4.74 Å². The first kappa shape index (κ1) is 21.8. The second kappa shape index (κ2) is 9.05. The highest BCUT2D eigenvalue weighted by Crippen LogP contribution is 2.29. The Bertz CT molecular complexity index is 1350. The molecule has 0 radical (unpaired) electrons. The van der Waals surface area contributed by atoms with Crippen LogP contribution in [0.25, 0.3) is 22.6 Å². The lowest BCUT2D eigenvalue weighted by Gasteiger charge is -2.19. The Morgan fingerprint density at radius 1 is 1.06 bits per heavy atom. The lowest BCUT2D eigenvalue weighted by molar-refractivity contribution is 0.102. The Balaban J connectivity index is 1.55. The number of hydrogen-bond donors (Lipinski definition) is 1. The summed E-state index contributed by atoms with van der Waals surface area (Å²) in [7, 11) is 0. The van der Waals surface area contributed by atoms with Crippen molar-refractivity contribution in [3.8, 4) is 28.4 Å². The van der Waals surface area contributed by atoms with Crippen molar-refractivity contribution in [2.45, 2.75) is 39.7 Å². The van der Waals surface area contributed by atoms with Gasteiger partial charge in [-0.2, -0.15) is 0 Å². The van der Waals surface area contributed by atoms with E-state index in [9.17, 15) is 4.79 Å². The summed E-state index contributed by atoms with van der Waals surface area (Å²) < 4.78 is 8.17. The number of hydrogen-bond acceptors (Lipinski definition) is 6. The average Bonchev–Trinajstić information content (AvgIpc) is 3.23. The van der Waals surface area contributed by atoms with Crippen molar-refractivity contribution in [1.82, 2.24) is 24.7 Å². The van der Waals surface area contributed by atoms with E-state index in [0.717, 1.165) is 35.5 Å². The smallest absolute Gasteiger partial charge is 0.260 e. The van der Waals surface area contributed by atoms with Gasteiger partial charge in [-0.3, -0.25) is 9.78 Å². The van der Waals surface area contributed by atoms with E-state index in [1.165, 1.54) is 0 Å². The molecule has 172 valence electrons. The summed E-state index contributed by atoms with van der Waals surface area (Å²) in [4.78, 5) is 22.4. The Morgan fingerprint density at radius 2 is 1.91 bits per heavy atom. The van der Waals surface area contributed by atoms with Crippen LogP contribution in [-0.2, 0) is 0 Å². The van der Waals surface area contributed by atoms with E-state index in [0.29, 0.717) is 35.3 Å². The van der Waals surface area contributed by atoms with E-state index < -0.39 is 0 Å². The zero-order valence-corrected chi connectivity index (χ0v) is 19.4. The first-order valence-corrected chi connectivity index (χ1v) is 11.4. The molecule has 0 unspecified atom stereocenters. The van der Waals surface area contributed by atoms with Crippen molar-refractivity contribution in [1.29, 1.82) is 0 Å². The molecule has 0 saturated heterocycles. The van der Waals surface area contributed by atoms with Gasteiger partial charge in [-0.1, -0.05) is 18.2 Å². The zero-order chi connectivity index (χ0) is 23.7. The molecule has 0 aliphatic carbocycles. The highest BCUT2D eigenvalue weighted by atomic mass is 16.5. The van der Waals surface area contributed by atoms with Crippen LogP contribution in [0.4, 0.5) is 5.82 Å². The van der Waals surface area contributed by atoms with Crippen molar-refractivity contribution in [3.63, 3.8) is 0 Å². The van der Waals surface area contributed by atoms with Gasteiger partial charge in [-0.15, -0.1) is 10.2 Å². The number of carbonyl (C=O) groups is 1. The topological polar surface area (TPSA) is 94.8 Å². The molecule has 8 nitrogen and oxygen atoms in total. The Kier molecular flexibility index (Phi) is 5.79. The fraction of sp³-hybridized carbons (Fsp3) is 0.269. The molecule has 8 heteroatoms. The summed E-state index contributed by atoms with van der Waals surface area (Å²) >= 11 is 0. The normalized spacial score (nSPS) is 16.0. The Hall–Kier alpha value is -4.07. The largest absolute Gasteiger partial charge is 0.493 e. The van der Waals surface area contributed by atoms with Crippen LogP contribution in [0.1, 0.15) is 47.7 Å². The molecule has 0 fully saturated rings. The maximum absolute atomic E-state index is 13.3. The minimum Gasteiger partial charge on any atom is -0.493 e. The molecule has 1 N–H and O–H groups in total. The van der Waals surface area contributed by atoms with Gasteiger partial charge in [0.25, 0.3) is 5.91 Å². The molecule has 34 heavy (non-hydrogen) atoms. The van der Waals surface area contributed by atoms with Crippen LogP contribution in [0.3, 0.4) is 0 Å². The second-order valence-corrected chi connectivity index (χ2v) is 8.54. The molecule has 0 saturated carbocycles. The predicted octanol–water partition coefficient (Wildman–Crippen LogP) is 5.00. The van der Waals surface area contributed by atoms with E-state index >= 15 is 0 Å². The number of rotatable bonds is 1. The molecule has 1 amide bonds. The molecule has 4 heterocycles. The predicted molar refractivity (Wildman–Crippen MR) is 130 cm³/mol. The third kappa shape index (κ3) is 4.26. The first-order valence-electron chi connectivity index (χ1n) is 11.4. The average molecular weight is 455 g/mol. The van der Waals surface area contributed by atoms with Crippen LogP contribution in [0.15, 0.2) is 54.7 Å². The summed E-state index contributed by atoms with van der Waals surface area (Å²) in [5.41, 5.74) is 3.89. The number of nitrogens with one attached hydrogen (secondary N) is 1. The van der Waals surface area contributed by atoms with Crippen LogP contribution in [-0.4, -0.2) is 37.2 Å². The standard InChI is InChI=1S/C26H26N6O2/c1-16-9-10-20(15-27-16)19-11-12-23-21(14-19)26(33)29-24-8-4-7-22(28-24)25-31-30-18(3)32(25)17(2)6-5-13-34-23/h4,7-12,14-15,17H,5-6,13H2,1-3H3,(H,28,29,33)/t17-/m0/s1. The molecule has 3 aromatic heterocycles. The maximum Gasteiger partial charge on any atom is 0.260 e. The molecule has 2 bridgehead atoms. The van der Waals surface area contributed by atoms with Gasteiger partial charge in [0.05, 0.1) is 12.2 Å². The number of nitrogens with zero attached hydrogens (tertiary/aromatic N) is 5.